The van der Waals surface area contributed by atoms with Crippen molar-refractivity contribution >= 4 is 12.4 Å². The van der Waals surface area contributed by atoms with Crippen molar-refractivity contribution in [2.75, 3.05) is 0 Å². The minimum atomic E-state index is -0.424. The Hall–Kier alpha value is -1.46. The van der Waals surface area contributed by atoms with Crippen molar-refractivity contribution in [2.45, 2.75) is 26.6 Å². The van der Waals surface area contributed by atoms with Gasteiger partial charge in [-0.25, -0.2) is 8.78 Å². The van der Waals surface area contributed by atoms with Crippen LogP contribution in [0.25, 0.3) is 0 Å². The second kappa shape index (κ2) is 7.21. The number of hydrogen-bond acceptors (Lipinski definition) is 2. The van der Waals surface area contributed by atoms with Crippen LogP contribution in [-0.2, 0) is 19.6 Å². The van der Waals surface area contributed by atoms with Crippen LogP contribution in [-0.4, -0.2) is 9.78 Å². The van der Waals surface area contributed by atoms with E-state index in [2.05, 4.69) is 10.4 Å². The Morgan fingerprint density at radius 3 is 2.74 bits per heavy atom. The van der Waals surface area contributed by atoms with Crippen LogP contribution < -0.4 is 5.32 Å². The molecule has 19 heavy (non-hydrogen) atoms. The van der Waals surface area contributed by atoms with E-state index in [-0.39, 0.29) is 12.4 Å². The lowest BCUT2D eigenvalue weighted by Crippen LogP contribution is -2.13. The molecule has 0 saturated carbocycles. The molecular weight excluding hydrogens is 272 g/mol. The van der Waals surface area contributed by atoms with Gasteiger partial charge in [0.05, 0.1) is 6.20 Å². The average Bonchev–Trinajstić information content (AvgIpc) is 2.81. The topological polar surface area (TPSA) is 29.9 Å². The second-order valence-electron chi connectivity index (χ2n) is 4.04. The van der Waals surface area contributed by atoms with Gasteiger partial charge in [-0.15, -0.1) is 12.4 Å². The van der Waals surface area contributed by atoms with Gasteiger partial charge in [0.15, 0.2) is 0 Å². The molecule has 0 saturated heterocycles. The summed E-state index contributed by atoms with van der Waals surface area (Å²) in [6, 6.07) is 3.46. The minimum absolute atomic E-state index is 0. The lowest BCUT2D eigenvalue weighted by molar-refractivity contribution is 0.568. The SMILES string of the molecule is CCn1cc(CNCc2cc(F)ccc2F)cn1.Cl. The Labute approximate surface area is 117 Å². The summed E-state index contributed by atoms with van der Waals surface area (Å²) >= 11 is 0. The van der Waals surface area contributed by atoms with E-state index in [4.69, 9.17) is 0 Å². The highest BCUT2D eigenvalue weighted by atomic mass is 35.5. The molecule has 1 aromatic carbocycles. The summed E-state index contributed by atoms with van der Waals surface area (Å²) in [5, 5.41) is 7.20. The Kier molecular flexibility index (Phi) is 5.92. The molecule has 0 aliphatic heterocycles. The molecule has 0 fully saturated rings. The molecule has 0 amide bonds. The fraction of sp³-hybridized carbons (Fsp3) is 0.308. The van der Waals surface area contributed by atoms with Gasteiger partial charge in [-0.2, -0.15) is 5.10 Å². The van der Waals surface area contributed by atoms with Gasteiger partial charge < -0.3 is 5.32 Å². The van der Waals surface area contributed by atoms with E-state index >= 15 is 0 Å². The van der Waals surface area contributed by atoms with Crippen LogP contribution in [0.3, 0.4) is 0 Å². The number of nitrogens with one attached hydrogen (secondary N) is 1. The van der Waals surface area contributed by atoms with Crippen molar-refractivity contribution in [3.8, 4) is 0 Å². The molecule has 0 atom stereocenters. The van der Waals surface area contributed by atoms with Gasteiger partial charge in [-0.05, 0) is 25.1 Å². The third-order valence-corrected chi connectivity index (χ3v) is 2.66. The van der Waals surface area contributed by atoms with E-state index in [0.717, 1.165) is 24.2 Å². The maximum Gasteiger partial charge on any atom is 0.127 e. The van der Waals surface area contributed by atoms with Gasteiger partial charge in [0, 0.05) is 37.0 Å². The number of halogens is 3. The monoisotopic (exact) mass is 287 g/mol. The first-order chi connectivity index (χ1) is 8.69. The third-order valence-electron chi connectivity index (χ3n) is 2.66. The van der Waals surface area contributed by atoms with Gasteiger partial charge in [0.2, 0.25) is 0 Å². The molecule has 1 aromatic heterocycles. The highest BCUT2D eigenvalue weighted by Gasteiger charge is 2.04. The number of aryl methyl sites for hydroxylation is 1. The van der Waals surface area contributed by atoms with E-state index in [1.165, 1.54) is 6.07 Å². The molecule has 0 radical (unpaired) electrons. The highest BCUT2D eigenvalue weighted by molar-refractivity contribution is 5.85. The molecule has 104 valence electrons. The van der Waals surface area contributed by atoms with Crippen LogP contribution in [0.1, 0.15) is 18.1 Å². The zero-order chi connectivity index (χ0) is 13.0. The molecule has 3 nitrogen and oxygen atoms in total. The number of rotatable bonds is 5. The number of aromatic nitrogens is 2. The predicted octanol–water partition coefficient (Wildman–Crippen LogP) is 2.89. The van der Waals surface area contributed by atoms with E-state index in [9.17, 15) is 8.78 Å². The van der Waals surface area contributed by atoms with Crippen LogP contribution in [0.5, 0.6) is 0 Å². The smallest absolute Gasteiger partial charge is 0.127 e. The summed E-state index contributed by atoms with van der Waals surface area (Å²) in [5.74, 6) is -0.819. The summed E-state index contributed by atoms with van der Waals surface area (Å²) in [7, 11) is 0. The number of benzene rings is 1. The lowest BCUT2D eigenvalue weighted by Gasteiger charge is -2.04. The molecular formula is C13H16ClF2N3. The lowest BCUT2D eigenvalue weighted by atomic mass is 10.2. The molecule has 1 heterocycles. The van der Waals surface area contributed by atoms with Crippen molar-refractivity contribution in [3.05, 3.63) is 53.4 Å². The molecule has 6 heteroatoms. The van der Waals surface area contributed by atoms with Crippen LogP contribution in [0.2, 0.25) is 0 Å². The first kappa shape index (κ1) is 15.6. The van der Waals surface area contributed by atoms with Crippen molar-refractivity contribution in [1.82, 2.24) is 15.1 Å². The summed E-state index contributed by atoms with van der Waals surface area (Å²) < 4.78 is 28.1. The van der Waals surface area contributed by atoms with Crippen molar-refractivity contribution < 1.29 is 8.78 Å². The summed E-state index contributed by atoms with van der Waals surface area (Å²) in [6.45, 7) is 3.70. The Balaban J connectivity index is 0.00000180. The number of nitrogens with zero attached hydrogens (tertiary/aromatic N) is 2. The molecule has 0 bridgehead atoms. The summed E-state index contributed by atoms with van der Waals surface area (Å²) in [4.78, 5) is 0. The van der Waals surface area contributed by atoms with Crippen LogP contribution in [0.4, 0.5) is 8.78 Å². The largest absolute Gasteiger partial charge is 0.308 e. The van der Waals surface area contributed by atoms with Gasteiger partial charge in [0.25, 0.3) is 0 Å². The third kappa shape index (κ3) is 4.29. The molecule has 2 aromatic rings. The minimum Gasteiger partial charge on any atom is -0.308 e. The normalized spacial score (nSPS) is 10.3. The standard InChI is InChI=1S/C13H15F2N3.ClH/c1-2-18-9-10(7-17-18)6-16-8-11-5-12(14)3-4-13(11)15;/h3-5,7,9,16H,2,6,8H2,1H3;1H. The first-order valence-corrected chi connectivity index (χ1v) is 5.85. The average molecular weight is 288 g/mol. The van der Waals surface area contributed by atoms with E-state index in [1.807, 2.05) is 17.8 Å². The zero-order valence-electron chi connectivity index (χ0n) is 10.6. The highest BCUT2D eigenvalue weighted by Crippen LogP contribution is 2.09. The van der Waals surface area contributed by atoms with Gasteiger partial charge in [-0.1, -0.05) is 0 Å². The maximum atomic E-state index is 13.3. The van der Waals surface area contributed by atoms with Crippen LogP contribution in [0.15, 0.2) is 30.6 Å². The fourth-order valence-electron chi connectivity index (χ4n) is 1.69. The van der Waals surface area contributed by atoms with Crippen LogP contribution >= 0.6 is 12.4 Å². The quantitative estimate of drug-likeness (QED) is 0.916. The molecule has 1 N–H and O–H groups in total. The summed E-state index contributed by atoms with van der Waals surface area (Å²) in [6.07, 6.45) is 3.69. The van der Waals surface area contributed by atoms with E-state index in [1.54, 1.807) is 6.20 Å². The molecule has 2 rings (SSSR count). The molecule has 0 unspecified atom stereocenters. The zero-order valence-corrected chi connectivity index (χ0v) is 11.4. The second-order valence-corrected chi connectivity index (χ2v) is 4.04. The Morgan fingerprint density at radius 2 is 2.05 bits per heavy atom. The molecule has 0 aliphatic carbocycles. The first-order valence-electron chi connectivity index (χ1n) is 5.85. The fourth-order valence-corrected chi connectivity index (χ4v) is 1.69. The maximum absolute atomic E-state index is 13.3. The van der Waals surface area contributed by atoms with Gasteiger partial charge >= 0.3 is 0 Å². The molecule has 0 aliphatic rings. The Morgan fingerprint density at radius 1 is 1.26 bits per heavy atom. The number of hydrogen-bond donors (Lipinski definition) is 1. The predicted molar refractivity (Wildman–Crippen MR) is 72.1 cm³/mol. The Bertz CT molecular complexity index is 528. The summed E-state index contributed by atoms with van der Waals surface area (Å²) in [5.41, 5.74) is 1.35. The van der Waals surface area contributed by atoms with Gasteiger partial charge in [0.1, 0.15) is 11.6 Å². The van der Waals surface area contributed by atoms with E-state index in [0.29, 0.717) is 18.7 Å². The van der Waals surface area contributed by atoms with Crippen molar-refractivity contribution in [2.24, 2.45) is 0 Å². The van der Waals surface area contributed by atoms with Crippen LogP contribution in [0, 0.1) is 11.6 Å². The molecule has 0 spiro atoms. The van der Waals surface area contributed by atoms with E-state index < -0.39 is 11.6 Å². The van der Waals surface area contributed by atoms with Crippen molar-refractivity contribution in [1.29, 1.82) is 0 Å². The van der Waals surface area contributed by atoms with Crippen molar-refractivity contribution in [3.63, 3.8) is 0 Å². The van der Waals surface area contributed by atoms with Gasteiger partial charge in [-0.3, -0.25) is 4.68 Å².